The molecule has 9 nitrogen and oxygen atoms in total. The molecule has 1 aliphatic carbocycles. The van der Waals surface area contributed by atoms with Crippen molar-refractivity contribution in [3.05, 3.63) is 34.9 Å². The molecule has 1 aliphatic rings. The monoisotopic (exact) mass is 531 g/mol. The van der Waals surface area contributed by atoms with E-state index < -0.39 is 29.7 Å². The molecule has 2 unspecified atom stereocenters. The number of amides is 3. The lowest BCUT2D eigenvalue weighted by atomic mass is 9.86. The fourth-order valence-corrected chi connectivity index (χ4v) is 4.40. The van der Waals surface area contributed by atoms with Gasteiger partial charge < -0.3 is 25.0 Å². The second-order valence-corrected chi connectivity index (χ2v) is 11.2. The van der Waals surface area contributed by atoms with Crippen LogP contribution >= 0.6 is 0 Å². The first-order valence-corrected chi connectivity index (χ1v) is 13.6. The van der Waals surface area contributed by atoms with Crippen LogP contribution in [0.2, 0.25) is 0 Å². The number of hydrogen-bond acceptors (Lipinski definition) is 6. The van der Waals surface area contributed by atoms with Crippen LogP contribution in [-0.2, 0) is 23.9 Å². The Morgan fingerprint density at radius 1 is 1.11 bits per heavy atom. The maximum absolute atomic E-state index is 14.2. The van der Waals surface area contributed by atoms with Crippen LogP contribution < -0.4 is 10.6 Å². The second kappa shape index (κ2) is 13.6. The molecule has 0 bridgehead atoms. The Morgan fingerprint density at radius 2 is 1.76 bits per heavy atom. The van der Waals surface area contributed by atoms with E-state index in [0.29, 0.717) is 0 Å². The Bertz CT molecular complexity index is 997. The lowest BCUT2D eigenvalue weighted by Crippen LogP contribution is -2.59. The van der Waals surface area contributed by atoms with Gasteiger partial charge in [-0.3, -0.25) is 14.4 Å². The van der Waals surface area contributed by atoms with E-state index in [9.17, 15) is 19.2 Å². The van der Waals surface area contributed by atoms with Crippen LogP contribution in [0.1, 0.15) is 90.0 Å². The molecular formula is C29H45N3O6. The van der Waals surface area contributed by atoms with E-state index in [1.165, 1.54) is 0 Å². The number of aryl methyl sites for hydroxylation is 1. The Labute approximate surface area is 227 Å². The van der Waals surface area contributed by atoms with E-state index in [4.69, 9.17) is 9.47 Å². The number of carbonyl (C=O) groups excluding carboxylic acids is 4. The molecule has 2 atom stereocenters. The minimum atomic E-state index is -0.920. The number of alkyl carbamates (subject to hydrolysis) is 1. The van der Waals surface area contributed by atoms with Gasteiger partial charge in [0.1, 0.15) is 17.7 Å². The molecule has 0 spiro atoms. The van der Waals surface area contributed by atoms with Gasteiger partial charge >= 0.3 is 12.1 Å². The van der Waals surface area contributed by atoms with Crippen molar-refractivity contribution in [1.82, 2.24) is 15.5 Å². The SMILES string of the molecule is CCOC(=O)CCNC(=O)C(c1cccc(C)c1C)N(C(=O)C(NC(=O)OC(C)(C)C)C(C)C)C1CCC1. The minimum Gasteiger partial charge on any atom is -0.466 e. The first kappa shape index (κ1) is 31.1. The van der Waals surface area contributed by atoms with E-state index in [2.05, 4.69) is 10.6 Å². The molecule has 0 heterocycles. The average Bonchev–Trinajstić information content (AvgIpc) is 2.77. The van der Waals surface area contributed by atoms with Crippen LogP contribution in [0.5, 0.6) is 0 Å². The Kier molecular flexibility index (Phi) is 11.2. The van der Waals surface area contributed by atoms with Crippen LogP contribution in [0.3, 0.4) is 0 Å². The van der Waals surface area contributed by atoms with E-state index in [-0.39, 0.29) is 43.3 Å². The van der Waals surface area contributed by atoms with Gasteiger partial charge in [0.25, 0.3) is 0 Å². The summed E-state index contributed by atoms with van der Waals surface area (Å²) in [6.45, 7) is 15.0. The highest BCUT2D eigenvalue weighted by Gasteiger charge is 2.43. The highest BCUT2D eigenvalue weighted by atomic mass is 16.6. The third kappa shape index (κ3) is 8.46. The highest BCUT2D eigenvalue weighted by Crippen LogP contribution is 2.36. The molecular weight excluding hydrogens is 486 g/mol. The molecule has 2 rings (SSSR count). The number of nitrogens with one attached hydrogen (secondary N) is 2. The van der Waals surface area contributed by atoms with Crippen molar-refractivity contribution >= 4 is 23.9 Å². The molecule has 0 saturated heterocycles. The third-order valence-corrected chi connectivity index (χ3v) is 6.73. The number of benzene rings is 1. The molecule has 212 valence electrons. The van der Waals surface area contributed by atoms with Crippen LogP contribution in [0.4, 0.5) is 4.79 Å². The van der Waals surface area contributed by atoms with Gasteiger partial charge in [0.2, 0.25) is 11.8 Å². The summed E-state index contributed by atoms with van der Waals surface area (Å²) in [4.78, 5) is 54.1. The number of carbonyl (C=O) groups is 4. The summed E-state index contributed by atoms with van der Waals surface area (Å²) in [5, 5.41) is 5.60. The zero-order valence-electron chi connectivity index (χ0n) is 24.2. The lowest BCUT2D eigenvalue weighted by Gasteiger charge is -2.44. The quantitative estimate of drug-likeness (QED) is 0.411. The first-order chi connectivity index (χ1) is 17.8. The van der Waals surface area contributed by atoms with Gasteiger partial charge in [-0.1, -0.05) is 32.0 Å². The predicted octanol–water partition coefficient (Wildman–Crippen LogP) is 4.34. The van der Waals surface area contributed by atoms with Gasteiger partial charge in [-0.2, -0.15) is 0 Å². The summed E-state index contributed by atoms with van der Waals surface area (Å²) in [6, 6.07) is 3.75. The molecule has 38 heavy (non-hydrogen) atoms. The number of ether oxygens (including phenoxy) is 2. The zero-order valence-corrected chi connectivity index (χ0v) is 24.2. The van der Waals surface area contributed by atoms with Gasteiger partial charge in [0, 0.05) is 12.6 Å². The van der Waals surface area contributed by atoms with Crippen molar-refractivity contribution in [2.75, 3.05) is 13.2 Å². The maximum Gasteiger partial charge on any atom is 0.408 e. The summed E-state index contributed by atoms with van der Waals surface area (Å²) >= 11 is 0. The molecule has 1 fully saturated rings. The molecule has 1 saturated carbocycles. The average molecular weight is 532 g/mol. The largest absolute Gasteiger partial charge is 0.466 e. The van der Waals surface area contributed by atoms with Crippen molar-refractivity contribution in [2.45, 2.75) is 105 Å². The van der Waals surface area contributed by atoms with Crippen LogP contribution in [0.25, 0.3) is 0 Å². The van der Waals surface area contributed by atoms with Crippen LogP contribution in [-0.4, -0.2) is 59.6 Å². The normalized spacial score (nSPS) is 15.2. The van der Waals surface area contributed by atoms with Crippen molar-refractivity contribution in [3.8, 4) is 0 Å². The molecule has 2 N–H and O–H groups in total. The third-order valence-electron chi connectivity index (χ3n) is 6.73. The second-order valence-electron chi connectivity index (χ2n) is 11.2. The summed E-state index contributed by atoms with van der Waals surface area (Å²) in [5.74, 6) is -1.35. The number of esters is 1. The van der Waals surface area contributed by atoms with E-state index in [1.54, 1.807) is 32.6 Å². The smallest absolute Gasteiger partial charge is 0.408 e. The fourth-order valence-electron chi connectivity index (χ4n) is 4.40. The van der Waals surface area contributed by atoms with E-state index in [1.807, 2.05) is 45.9 Å². The molecule has 9 heteroatoms. The summed E-state index contributed by atoms with van der Waals surface area (Å²) in [5.41, 5.74) is 1.91. The summed E-state index contributed by atoms with van der Waals surface area (Å²) in [7, 11) is 0. The molecule has 1 aromatic rings. The topological polar surface area (TPSA) is 114 Å². The van der Waals surface area contributed by atoms with E-state index in [0.717, 1.165) is 36.0 Å². The Hall–Kier alpha value is -3.10. The van der Waals surface area contributed by atoms with Crippen molar-refractivity contribution < 1.29 is 28.7 Å². The van der Waals surface area contributed by atoms with Gasteiger partial charge in [-0.15, -0.1) is 0 Å². The van der Waals surface area contributed by atoms with Crippen molar-refractivity contribution in [1.29, 1.82) is 0 Å². The summed E-state index contributed by atoms with van der Waals surface area (Å²) in [6.07, 6.45) is 1.83. The number of rotatable bonds is 11. The molecule has 0 aliphatic heterocycles. The van der Waals surface area contributed by atoms with Gasteiger partial charge in [0.05, 0.1) is 13.0 Å². The Balaban J connectivity index is 2.46. The zero-order chi connectivity index (χ0) is 28.6. The summed E-state index contributed by atoms with van der Waals surface area (Å²) < 4.78 is 10.4. The number of hydrogen-bond donors (Lipinski definition) is 2. The molecule has 0 aromatic heterocycles. The van der Waals surface area contributed by atoms with Gasteiger partial charge in [0.15, 0.2) is 0 Å². The molecule has 3 amide bonds. The fraction of sp³-hybridized carbons (Fsp3) is 0.655. The van der Waals surface area contributed by atoms with Crippen LogP contribution in [0, 0.1) is 19.8 Å². The first-order valence-electron chi connectivity index (χ1n) is 13.6. The Morgan fingerprint density at radius 3 is 2.29 bits per heavy atom. The minimum absolute atomic E-state index is 0.0330. The maximum atomic E-state index is 14.2. The van der Waals surface area contributed by atoms with Crippen molar-refractivity contribution in [2.24, 2.45) is 5.92 Å². The van der Waals surface area contributed by atoms with Crippen LogP contribution in [0.15, 0.2) is 18.2 Å². The molecule has 1 aromatic carbocycles. The predicted molar refractivity (Wildman–Crippen MR) is 145 cm³/mol. The van der Waals surface area contributed by atoms with Gasteiger partial charge in [-0.05, 0) is 83.4 Å². The van der Waals surface area contributed by atoms with E-state index >= 15 is 0 Å². The van der Waals surface area contributed by atoms with Gasteiger partial charge in [-0.25, -0.2) is 4.79 Å². The standard InChI is InChI=1S/C29H45N3O6/c1-9-37-23(33)16-17-30-26(34)25(22-15-10-12-19(4)20(22)5)32(21-13-11-14-21)27(35)24(18(2)3)31-28(36)38-29(6,7)8/h10,12,15,18,21,24-25H,9,11,13-14,16-17H2,1-8H3,(H,30,34)(H,31,36). The lowest BCUT2D eigenvalue weighted by molar-refractivity contribution is -0.148. The molecule has 0 radical (unpaired) electrons. The van der Waals surface area contributed by atoms with Crippen molar-refractivity contribution in [3.63, 3.8) is 0 Å². The number of nitrogens with zero attached hydrogens (tertiary/aromatic N) is 1. The highest BCUT2D eigenvalue weighted by molar-refractivity contribution is 5.93.